The van der Waals surface area contributed by atoms with Gasteiger partial charge >= 0.3 is 30.8 Å². The van der Waals surface area contributed by atoms with Crippen LogP contribution in [0, 0.1) is 0 Å². The van der Waals surface area contributed by atoms with E-state index in [9.17, 15) is 39.9 Å². The van der Waals surface area contributed by atoms with E-state index in [1.165, 1.54) is 18.2 Å². The van der Waals surface area contributed by atoms with Crippen LogP contribution in [-0.4, -0.2) is 48.6 Å². The number of fused-ring (bicyclic) bond motifs is 1. The number of benzene rings is 2. The third kappa shape index (κ3) is 8.90. The molecule has 3 rings (SSSR count). The standard InChI is InChI=1S/C26H23F8NO6/c1-4-35-20(17-8-6-5-7-9-17)12-18-10-11-19(13-21(18)35)37-14-23(27,28)39-25(31,32)41-26(33,34)40-24(29,30)15-38-22(36)16(2)3/h5-13H,2,4,14-15H2,1,3H3. The first-order valence-corrected chi connectivity index (χ1v) is 11.7. The van der Waals surface area contributed by atoms with Gasteiger partial charge in [-0.1, -0.05) is 36.9 Å². The van der Waals surface area contributed by atoms with Gasteiger partial charge in [0.15, 0.2) is 13.2 Å². The maximum Gasteiger partial charge on any atom is 0.496 e. The molecule has 7 nitrogen and oxygen atoms in total. The minimum Gasteiger partial charge on any atom is -0.484 e. The Bertz CT molecular complexity index is 1380. The Balaban J connectivity index is 1.64. The molecule has 0 spiro atoms. The summed E-state index contributed by atoms with van der Waals surface area (Å²) >= 11 is 0. The minimum atomic E-state index is -5.87. The third-order valence-electron chi connectivity index (χ3n) is 5.16. The van der Waals surface area contributed by atoms with Crippen molar-refractivity contribution in [3.05, 3.63) is 66.7 Å². The van der Waals surface area contributed by atoms with Gasteiger partial charge in [-0.05, 0) is 37.6 Å². The molecule has 0 saturated heterocycles. The van der Waals surface area contributed by atoms with Crippen molar-refractivity contribution < 1.29 is 63.6 Å². The van der Waals surface area contributed by atoms with Crippen molar-refractivity contribution in [2.45, 2.75) is 45.2 Å². The molecule has 2 aromatic carbocycles. The molecule has 15 heteroatoms. The Kier molecular flexibility index (Phi) is 9.35. The number of hydrogen-bond donors (Lipinski definition) is 0. The van der Waals surface area contributed by atoms with E-state index in [-0.39, 0.29) is 11.3 Å². The molecule has 1 aromatic heterocycles. The van der Waals surface area contributed by atoms with Gasteiger partial charge in [-0.25, -0.2) is 19.0 Å². The molecule has 0 unspecified atom stereocenters. The van der Waals surface area contributed by atoms with Crippen LogP contribution < -0.4 is 4.74 Å². The second kappa shape index (κ2) is 12.0. The molecule has 0 amide bonds. The molecule has 0 N–H and O–H groups in total. The van der Waals surface area contributed by atoms with Crippen LogP contribution in [0.15, 0.2) is 66.7 Å². The van der Waals surface area contributed by atoms with Crippen molar-refractivity contribution in [3.8, 4) is 17.0 Å². The van der Waals surface area contributed by atoms with Crippen LogP contribution >= 0.6 is 0 Å². The van der Waals surface area contributed by atoms with Crippen LogP contribution in [0.1, 0.15) is 13.8 Å². The van der Waals surface area contributed by atoms with Crippen molar-refractivity contribution in [1.29, 1.82) is 0 Å². The fourth-order valence-electron chi connectivity index (χ4n) is 3.54. The van der Waals surface area contributed by atoms with Gasteiger partial charge in [0.25, 0.3) is 0 Å². The number of carbonyl (C=O) groups is 1. The van der Waals surface area contributed by atoms with Crippen LogP contribution in [0.2, 0.25) is 0 Å². The molecular formula is C26H23F8NO6. The average Bonchev–Trinajstić information content (AvgIpc) is 3.22. The van der Waals surface area contributed by atoms with Crippen LogP contribution in [0.4, 0.5) is 35.1 Å². The number of ether oxygens (including phenoxy) is 5. The number of halogens is 8. The number of esters is 1. The molecule has 3 aromatic rings. The Hall–Kier alpha value is -3.69. The third-order valence-corrected chi connectivity index (χ3v) is 5.16. The molecule has 0 atom stereocenters. The van der Waals surface area contributed by atoms with Crippen LogP contribution in [0.5, 0.6) is 5.75 Å². The second-order valence-corrected chi connectivity index (χ2v) is 8.51. The largest absolute Gasteiger partial charge is 0.496 e. The molecule has 0 aliphatic carbocycles. The second-order valence-electron chi connectivity index (χ2n) is 8.51. The molecular weight excluding hydrogens is 574 g/mol. The smallest absolute Gasteiger partial charge is 0.484 e. The fourth-order valence-corrected chi connectivity index (χ4v) is 3.54. The zero-order valence-electron chi connectivity index (χ0n) is 21.4. The lowest BCUT2D eigenvalue weighted by atomic mass is 10.1. The summed E-state index contributed by atoms with van der Waals surface area (Å²) in [5.41, 5.74) is 1.87. The predicted octanol–water partition coefficient (Wildman–Crippen LogP) is 7.16. The zero-order valence-corrected chi connectivity index (χ0v) is 21.4. The summed E-state index contributed by atoms with van der Waals surface area (Å²) in [6, 6.07) is 15.2. The number of rotatable bonds is 14. The topological polar surface area (TPSA) is 68.2 Å². The maximum atomic E-state index is 14.1. The molecule has 0 bridgehead atoms. The van der Waals surface area contributed by atoms with Crippen LogP contribution in [0.3, 0.4) is 0 Å². The van der Waals surface area contributed by atoms with Gasteiger partial charge in [0, 0.05) is 29.3 Å². The Morgan fingerprint density at radius 3 is 1.98 bits per heavy atom. The number of hydrogen-bond acceptors (Lipinski definition) is 6. The van der Waals surface area contributed by atoms with Crippen LogP contribution in [-0.2, 0) is 30.3 Å². The number of carbonyl (C=O) groups excluding carboxylic acids is 1. The van der Waals surface area contributed by atoms with E-state index in [1.807, 2.05) is 47.9 Å². The lowest BCUT2D eigenvalue weighted by molar-refractivity contribution is -0.574. The molecule has 0 aliphatic rings. The van der Waals surface area contributed by atoms with E-state index in [4.69, 9.17) is 4.74 Å². The maximum absolute atomic E-state index is 14.1. The number of alkyl halides is 8. The Morgan fingerprint density at radius 2 is 1.41 bits per heavy atom. The Morgan fingerprint density at radius 1 is 0.829 bits per heavy atom. The van der Waals surface area contributed by atoms with Crippen molar-refractivity contribution in [1.82, 2.24) is 4.57 Å². The highest BCUT2D eigenvalue weighted by atomic mass is 19.3. The molecule has 0 aliphatic heterocycles. The summed E-state index contributed by atoms with van der Waals surface area (Å²) in [5, 5.41) is 0.717. The van der Waals surface area contributed by atoms with Gasteiger partial charge in [-0.3, -0.25) is 0 Å². The van der Waals surface area contributed by atoms with Crippen LogP contribution in [0.25, 0.3) is 22.2 Å². The van der Waals surface area contributed by atoms with Gasteiger partial charge in [0.2, 0.25) is 0 Å². The molecule has 0 fully saturated rings. The molecule has 0 saturated carbocycles. The highest BCUT2D eigenvalue weighted by Crippen LogP contribution is 2.37. The lowest BCUT2D eigenvalue weighted by Crippen LogP contribution is -2.46. The monoisotopic (exact) mass is 597 g/mol. The quantitative estimate of drug-likeness (QED) is 0.0851. The average molecular weight is 597 g/mol. The first-order chi connectivity index (χ1) is 18.9. The van der Waals surface area contributed by atoms with E-state index in [1.54, 1.807) is 0 Å². The van der Waals surface area contributed by atoms with Gasteiger partial charge < -0.3 is 14.0 Å². The van der Waals surface area contributed by atoms with E-state index in [0.29, 0.717) is 12.1 Å². The zero-order chi connectivity index (χ0) is 30.6. The van der Waals surface area contributed by atoms with E-state index in [2.05, 4.69) is 25.5 Å². The lowest BCUT2D eigenvalue weighted by Gasteiger charge is -2.27. The summed E-state index contributed by atoms with van der Waals surface area (Å²) in [7, 11) is 0. The summed E-state index contributed by atoms with van der Waals surface area (Å²) in [6.45, 7) is 2.37. The van der Waals surface area contributed by atoms with E-state index >= 15 is 0 Å². The van der Waals surface area contributed by atoms with Gasteiger partial charge in [-0.15, -0.1) is 17.6 Å². The SMILES string of the molecule is C=C(C)C(=O)OCC(F)(F)OC(F)(F)OC(F)(F)OC(F)(F)COc1ccc2cc(-c3ccccc3)n(CC)c2c1. The first kappa shape index (κ1) is 31.8. The van der Waals surface area contributed by atoms with Crippen molar-refractivity contribution in [2.75, 3.05) is 13.2 Å². The van der Waals surface area contributed by atoms with Gasteiger partial charge in [0.05, 0.1) is 5.52 Å². The number of aryl methyl sites for hydroxylation is 1. The highest BCUT2D eigenvalue weighted by molar-refractivity contribution is 5.88. The normalized spacial score (nSPS) is 12.9. The van der Waals surface area contributed by atoms with Gasteiger partial charge in [-0.2, -0.15) is 17.6 Å². The fraction of sp³-hybridized carbons (Fsp3) is 0.346. The Labute approximate surface area is 227 Å². The number of nitrogens with zero attached hydrogens (tertiary/aromatic N) is 1. The van der Waals surface area contributed by atoms with Crippen molar-refractivity contribution >= 4 is 16.9 Å². The molecule has 224 valence electrons. The summed E-state index contributed by atoms with van der Waals surface area (Å²) < 4.78 is 129. The highest BCUT2D eigenvalue weighted by Gasteiger charge is 2.57. The summed E-state index contributed by atoms with van der Waals surface area (Å²) in [6.07, 6.45) is -21.7. The number of aromatic nitrogens is 1. The van der Waals surface area contributed by atoms with Crippen molar-refractivity contribution in [3.63, 3.8) is 0 Å². The molecule has 0 radical (unpaired) electrons. The predicted molar refractivity (Wildman–Crippen MR) is 127 cm³/mol. The molecule has 41 heavy (non-hydrogen) atoms. The first-order valence-electron chi connectivity index (χ1n) is 11.7. The summed E-state index contributed by atoms with van der Waals surface area (Å²) in [5.74, 6) is -1.63. The van der Waals surface area contributed by atoms with E-state index in [0.717, 1.165) is 23.6 Å². The minimum absolute atomic E-state index is 0.199. The van der Waals surface area contributed by atoms with Gasteiger partial charge in [0.1, 0.15) is 5.75 Å². The summed E-state index contributed by atoms with van der Waals surface area (Å²) in [4.78, 5) is 11.1. The molecule has 1 heterocycles. The van der Waals surface area contributed by atoms with E-state index < -0.39 is 44.0 Å². The van der Waals surface area contributed by atoms with Crippen molar-refractivity contribution in [2.24, 2.45) is 0 Å².